The molecule has 0 aliphatic heterocycles. The van der Waals surface area contributed by atoms with Crippen LogP contribution in [0.1, 0.15) is 22.3 Å². The SMILES string of the molecule is Cc1cc(N=Nc2cc(C)c(N=Nc3ccc4cc(N=Nc5ccc(O)c(N)c5)ccc4c3O)cc2C)ccc1N=Nc1ccc(N=Nc2cc3c(S(=O)(=O)O)cccc3cc2S(=O)(=O)O)c(C)c1. The highest BCUT2D eigenvalue weighted by Crippen LogP contribution is 2.40. The Hall–Kier alpha value is -8.50. The predicted octanol–water partition coefficient (Wildman–Crippen LogP) is 14.8. The van der Waals surface area contributed by atoms with Crippen molar-refractivity contribution in [1.29, 1.82) is 0 Å². The number of nitrogens with two attached hydrogens (primary N) is 1. The topological polar surface area (TPSA) is 299 Å². The van der Waals surface area contributed by atoms with E-state index in [-0.39, 0.29) is 39.3 Å². The first-order valence-corrected chi connectivity index (χ1v) is 23.5. The van der Waals surface area contributed by atoms with Gasteiger partial charge in [-0.2, -0.15) is 57.7 Å². The zero-order valence-electron chi connectivity index (χ0n) is 36.9. The highest BCUT2D eigenvalue weighted by molar-refractivity contribution is 7.86. The Morgan fingerprint density at radius 2 is 0.841 bits per heavy atom. The average molecular weight is 962 g/mol. The number of aryl methyl sites for hydroxylation is 4. The summed E-state index contributed by atoms with van der Waals surface area (Å²) in [6.07, 6.45) is 0. The molecule has 0 aliphatic carbocycles. The summed E-state index contributed by atoms with van der Waals surface area (Å²) in [4.78, 5) is -1.06. The summed E-state index contributed by atoms with van der Waals surface area (Å²) in [6, 6.07) is 33.2. The van der Waals surface area contributed by atoms with E-state index in [2.05, 4.69) is 51.1 Å². The van der Waals surface area contributed by atoms with Gasteiger partial charge in [0, 0.05) is 10.8 Å². The maximum atomic E-state index is 12.2. The minimum atomic E-state index is -4.80. The molecule has 0 heterocycles. The number of hydrogen-bond donors (Lipinski definition) is 5. The van der Waals surface area contributed by atoms with Gasteiger partial charge < -0.3 is 15.9 Å². The molecule has 0 spiro atoms. The lowest BCUT2D eigenvalue weighted by Gasteiger charge is -2.08. The van der Waals surface area contributed by atoms with Crippen LogP contribution in [0, 0.1) is 27.7 Å². The van der Waals surface area contributed by atoms with Gasteiger partial charge in [0.05, 0.1) is 51.2 Å². The number of nitrogen functional groups attached to an aromatic ring is 1. The van der Waals surface area contributed by atoms with Crippen LogP contribution >= 0.6 is 0 Å². The van der Waals surface area contributed by atoms with Gasteiger partial charge in [0.15, 0.2) is 5.75 Å². The Labute approximate surface area is 394 Å². The van der Waals surface area contributed by atoms with Gasteiger partial charge in [-0.05, 0) is 170 Å². The minimum Gasteiger partial charge on any atom is -0.506 e. The van der Waals surface area contributed by atoms with E-state index < -0.39 is 30.0 Å². The standard InChI is InChI=1S/C48H39N11O8S2/c1-26-18-33(10-15-39(26)54-52-32-11-16-40(27(2)19-32)55-59-44-25-37-30(23-47(44)69(65,66)67)6-5-7-46(37)68(62,63)64)53-57-42-20-29(4)43(21-28(42)3)58-56-41-14-8-31-22-34(9-13-36(31)48(41)61)50-51-35-12-17-45(60)38(49)24-35/h5-25,60-61H,49H2,1-4H3,(H,62,63,64)(H,65,66,67). The van der Waals surface area contributed by atoms with Crippen molar-refractivity contribution in [3.05, 3.63) is 150 Å². The normalized spacial score (nSPS) is 12.6. The third-order valence-corrected chi connectivity index (χ3v) is 12.5. The van der Waals surface area contributed by atoms with Crippen LogP contribution < -0.4 is 5.73 Å². The number of benzene rings is 8. The largest absolute Gasteiger partial charge is 0.506 e. The average Bonchev–Trinajstić information content (AvgIpc) is 3.30. The third-order valence-electron chi connectivity index (χ3n) is 10.7. The fourth-order valence-corrected chi connectivity index (χ4v) is 8.34. The Kier molecular flexibility index (Phi) is 13.0. The number of anilines is 1. The summed E-state index contributed by atoms with van der Waals surface area (Å²) in [5.74, 6) is -0.0722. The van der Waals surface area contributed by atoms with Gasteiger partial charge in [-0.3, -0.25) is 9.11 Å². The van der Waals surface area contributed by atoms with Crippen LogP contribution in [0.5, 0.6) is 11.5 Å². The van der Waals surface area contributed by atoms with Crippen LogP contribution in [-0.4, -0.2) is 36.2 Å². The van der Waals surface area contributed by atoms with Crippen molar-refractivity contribution in [2.24, 2.45) is 51.1 Å². The lowest BCUT2D eigenvalue weighted by molar-refractivity contribution is 0.477. The smallest absolute Gasteiger partial charge is 0.296 e. The van der Waals surface area contributed by atoms with E-state index in [1.807, 2.05) is 39.0 Å². The summed E-state index contributed by atoms with van der Waals surface area (Å²) in [5, 5.41) is 65.1. The Morgan fingerprint density at radius 3 is 1.43 bits per heavy atom. The number of rotatable bonds is 12. The van der Waals surface area contributed by atoms with Crippen LogP contribution in [0.15, 0.2) is 188 Å². The quantitative estimate of drug-likeness (QED) is 0.0336. The highest BCUT2D eigenvalue weighted by atomic mass is 32.2. The first kappa shape index (κ1) is 47.0. The number of phenolic OH excluding ortho intramolecular Hbond substituents is 2. The first-order valence-electron chi connectivity index (χ1n) is 20.6. The Balaban J connectivity index is 0.926. The van der Waals surface area contributed by atoms with E-state index in [4.69, 9.17) is 5.73 Å². The highest BCUT2D eigenvalue weighted by Gasteiger charge is 2.21. The molecule has 0 atom stereocenters. The van der Waals surface area contributed by atoms with Crippen molar-refractivity contribution >= 4 is 104 Å². The predicted molar refractivity (Wildman–Crippen MR) is 261 cm³/mol. The molecule has 6 N–H and O–H groups in total. The van der Waals surface area contributed by atoms with Gasteiger partial charge in [0.25, 0.3) is 20.2 Å². The van der Waals surface area contributed by atoms with Crippen LogP contribution in [-0.2, 0) is 20.2 Å². The number of aromatic hydroxyl groups is 2. The lowest BCUT2D eigenvalue weighted by atomic mass is 10.1. The van der Waals surface area contributed by atoms with E-state index in [0.717, 1.165) is 40.3 Å². The number of hydrogen-bond acceptors (Lipinski definition) is 17. The Bertz CT molecular complexity index is 3780. The van der Waals surface area contributed by atoms with Gasteiger partial charge in [-0.15, -0.1) is 10.2 Å². The van der Waals surface area contributed by atoms with E-state index in [0.29, 0.717) is 56.4 Å². The van der Waals surface area contributed by atoms with Crippen LogP contribution in [0.25, 0.3) is 21.5 Å². The molecule has 8 aromatic carbocycles. The molecule has 0 aliphatic rings. The molecule has 0 saturated heterocycles. The van der Waals surface area contributed by atoms with E-state index in [1.54, 1.807) is 73.7 Å². The van der Waals surface area contributed by atoms with Crippen LogP contribution in [0.2, 0.25) is 0 Å². The summed E-state index contributed by atoms with van der Waals surface area (Å²) in [7, 11) is -9.47. The number of azo groups is 5. The van der Waals surface area contributed by atoms with Crippen molar-refractivity contribution in [3.63, 3.8) is 0 Å². The molecule has 8 rings (SSSR count). The first-order chi connectivity index (χ1) is 32.8. The molecule has 0 bridgehead atoms. The maximum absolute atomic E-state index is 12.2. The number of fused-ring (bicyclic) bond motifs is 2. The second-order valence-corrected chi connectivity index (χ2v) is 18.5. The fourth-order valence-electron chi connectivity index (χ4n) is 6.99. The van der Waals surface area contributed by atoms with E-state index >= 15 is 0 Å². The zero-order valence-corrected chi connectivity index (χ0v) is 38.5. The molecule has 0 aromatic heterocycles. The molecule has 0 fully saturated rings. The second kappa shape index (κ2) is 19.0. The third kappa shape index (κ3) is 10.7. The van der Waals surface area contributed by atoms with Crippen molar-refractivity contribution in [3.8, 4) is 11.5 Å². The molecule has 8 aromatic rings. The van der Waals surface area contributed by atoms with E-state index in [1.165, 1.54) is 24.3 Å². The summed E-state index contributed by atoms with van der Waals surface area (Å²) >= 11 is 0. The molecule has 346 valence electrons. The molecular formula is C48H39N11O8S2. The van der Waals surface area contributed by atoms with Crippen molar-refractivity contribution in [2.45, 2.75) is 37.5 Å². The second-order valence-electron chi connectivity index (χ2n) is 15.7. The van der Waals surface area contributed by atoms with Gasteiger partial charge in [-0.1, -0.05) is 18.2 Å². The monoisotopic (exact) mass is 961 g/mol. The molecule has 0 radical (unpaired) electrons. The molecule has 19 nitrogen and oxygen atoms in total. The Morgan fingerprint density at radius 1 is 0.391 bits per heavy atom. The van der Waals surface area contributed by atoms with Gasteiger partial charge in [0.1, 0.15) is 26.9 Å². The minimum absolute atomic E-state index is 0.0162. The molecule has 21 heteroatoms. The lowest BCUT2D eigenvalue weighted by Crippen LogP contribution is -2.01. The maximum Gasteiger partial charge on any atom is 0.296 e. The summed E-state index contributed by atoms with van der Waals surface area (Å²) in [6.45, 7) is 7.34. The van der Waals surface area contributed by atoms with Crippen molar-refractivity contribution < 1.29 is 36.2 Å². The number of phenols is 2. The molecule has 0 amide bonds. The number of nitrogens with zero attached hydrogens (tertiary/aromatic N) is 10. The molecule has 0 saturated carbocycles. The van der Waals surface area contributed by atoms with Gasteiger partial charge in [-0.25, -0.2) is 0 Å². The van der Waals surface area contributed by atoms with Crippen LogP contribution in [0.4, 0.5) is 62.6 Å². The van der Waals surface area contributed by atoms with Gasteiger partial charge in [0.2, 0.25) is 0 Å². The van der Waals surface area contributed by atoms with E-state index in [9.17, 15) is 36.2 Å². The molecule has 0 unspecified atom stereocenters. The van der Waals surface area contributed by atoms with Crippen molar-refractivity contribution in [2.75, 3.05) is 5.73 Å². The molecule has 69 heavy (non-hydrogen) atoms. The van der Waals surface area contributed by atoms with Gasteiger partial charge >= 0.3 is 0 Å². The summed E-state index contributed by atoms with van der Waals surface area (Å²) in [5.41, 5.74) is 13.1. The summed E-state index contributed by atoms with van der Waals surface area (Å²) < 4.78 is 68.0. The fraction of sp³-hybridized carbons (Fsp3) is 0.0833. The molecular weight excluding hydrogens is 923 g/mol. The zero-order chi connectivity index (χ0) is 49.2. The van der Waals surface area contributed by atoms with Crippen LogP contribution in [0.3, 0.4) is 0 Å². The van der Waals surface area contributed by atoms with Crippen molar-refractivity contribution in [1.82, 2.24) is 0 Å².